The van der Waals surface area contributed by atoms with E-state index in [2.05, 4.69) is 15.9 Å². The van der Waals surface area contributed by atoms with Crippen molar-refractivity contribution in [3.05, 3.63) is 34.1 Å². The van der Waals surface area contributed by atoms with E-state index in [0.29, 0.717) is 17.0 Å². The quantitative estimate of drug-likeness (QED) is 0.777. The molecule has 15 heavy (non-hydrogen) atoms. The molecule has 0 aliphatic rings. The van der Waals surface area contributed by atoms with Crippen molar-refractivity contribution in [3.63, 3.8) is 0 Å². The van der Waals surface area contributed by atoms with Crippen LogP contribution in [0.2, 0.25) is 5.02 Å². The van der Waals surface area contributed by atoms with Crippen LogP contribution in [0.5, 0.6) is 0 Å². The molecular weight excluding hydrogens is 282 g/mol. The SMILES string of the molecule is CC(=O)C(Br)Cc1cc(C)c(F)cc1Cl. The summed E-state index contributed by atoms with van der Waals surface area (Å²) in [5.41, 5.74) is 1.32. The Kier molecular flexibility index (Phi) is 4.29. The number of Topliss-reactive ketones (excluding diaryl/α,β-unsaturated/α-hetero) is 1. The van der Waals surface area contributed by atoms with Gasteiger partial charge in [0.25, 0.3) is 0 Å². The Morgan fingerprint density at radius 1 is 1.60 bits per heavy atom. The van der Waals surface area contributed by atoms with Gasteiger partial charge in [-0.15, -0.1) is 0 Å². The van der Waals surface area contributed by atoms with Crippen LogP contribution >= 0.6 is 27.5 Å². The van der Waals surface area contributed by atoms with Crippen molar-refractivity contribution in [1.82, 2.24) is 0 Å². The molecular formula is C11H11BrClFO. The van der Waals surface area contributed by atoms with Gasteiger partial charge in [0, 0.05) is 5.02 Å². The van der Waals surface area contributed by atoms with Gasteiger partial charge in [-0.25, -0.2) is 4.39 Å². The molecule has 0 spiro atoms. The van der Waals surface area contributed by atoms with Gasteiger partial charge in [-0.1, -0.05) is 33.6 Å². The lowest BCUT2D eigenvalue weighted by atomic mass is 10.1. The van der Waals surface area contributed by atoms with Gasteiger partial charge < -0.3 is 0 Å². The van der Waals surface area contributed by atoms with Gasteiger partial charge in [0.15, 0.2) is 0 Å². The monoisotopic (exact) mass is 292 g/mol. The smallest absolute Gasteiger partial charge is 0.143 e. The Morgan fingerprint density at radius 3 is 2.73 bits per heavy atom. The normalized spacial score (nSPS) is 12.6. The second-order valence-electron chi connectivity index (χ2n) is 3.48. The molecule has 1 aromatic carbocycles. The van der Waals surface area contributed by atoms with E-state index >= 15 is 0 Å². The van der Waals surface area contributed by atoms with E-state index in [0.717, 1.165) is 5.56 Å². The molecule has 0 fully saturated rings. The fraction of sp³-hybridized carbons (Fsp3) is 0.364. The number of hydrogen-bond donors (Lipinski definition) is 0. The molecule has 0 aromatic heterocycles. The summed E-state index contributed by atoms with van der Waals surface area (Å²) in [6, 6.07) is 2.96. The van der Waals surface area contributed by atoms with Gasteiger partial charge in [-0.05, 0) is 37.5 Å². The van der Waals surface area contributed by atoms with Crippen LogP contribution < -0.4 is 0 Å². The predicted octanol–water partition coefficient (Wildman–Crippen LogP) is 3.68. The predicted molar refractivity (Wildman–Crippen MR) is 63.2 cm³/mol. The maximum Gasteiger partial charge on any atom is 0.143 e. The third-order valence-corrected chi connectivity index (χ3v) is 3.49. The lowest BCUT2D eigenvalue weighted by Crippen LogP contribution is -2.13. The number of carbonyl (C=O) groups excluding carboxylic acids is 1. The highest BCUT2D eigenvalue weighted by Gasteiger charge is 2.14. The Labute approximate surface area is 102 Å². The lowest BCUT2D eigenvalue weighted by Gasteiger charge is -2.09. The minimum absolute atomic E-state index is 0.0352. The first kappa shape index (κ1) is 12.7. The Balaban J connectivity index is 2.95. The highest BCUT2D eigenvalue weighted by atomic mass is 79.9. The van der Waals surface area contributed by atoms with Crippen molar-refractivity contribution >= 4 is 33.3 Å². The third kappa shape index (κ3) is 3.28. The molecule has 0 aliphatic carbocycles. The lowest BCUT2D eigenvalue weighted by molar-refractivity contribution is -0.116. The number of carbonyl (C=O) groups is 1. The van der Waals surface area contributed by atoms with E-state index in [1.807, 2.05) is 0 Å². The summed E-state index contributed by atoms with van der Waals surface area (Å²) in [6.45, 7) is 3.18. The van der Waals surface area contributed by atoms with E-state index in [-0.39, 0.29) is 16.4 Å². The molecule has 0 heterocycles. The maximum atomic E-state index is 13.1. The first-order valence-corrected chi connectivity index (χ1v) is 5.80. The van der Waals surface area contributed by atoms with Crippen LogP contribution in [-0.2, 0) is 11.2 Å². The van der Waals surface area contributed by atoms with Crippen molar-refractivity contribution in [2.75, 3.05) is 0 Å². The van der Waals surface area contributed by atoms with E-state index in [4.69, 9.17) is 11.6 Å². The molecule has 4 heteroatoms. The van der Waals surface area contributed by atoms with Crippen LogP contribution in [0.15, 0.2) is 12.1 Å². The number of hydrogen-bond acceptors (Lipinski definition) is 1. The molecule has 1 unspecified atom stereocenters. The van der Waals surface area contributed by atoms with E-state index in [1.165, 1.54) is 13.0 Å². The summed E-state index contributed by atoms with van der Waals surface area (Å²) < 4.78 is 13.1. The van der Waals surface area contributed by atoms with Crippen molar-refractivity contribution < 1.29 is 9.18 Å². The highest BCUT2D eigenvalue weighted by molar-refractivity contribution is 9.10. The molecule has 1 rings (SSSR count). The van der Waals surface area contributed by atoms with Crippen molar-refractivity contribution in [2.24, 2.45) is 0 Å². The van der Waals surface area contributed by atoms with Gasteiger partial charge in [0.05, 0.1) is 4.83 Å². The summed E-state index contributed by atoms with van der Waals surface area (Å²) in [6.07, 6.45) is 0.481. The summed E-state index contributed by atoms with van der Waals surface area (Å²) in [5, 5.41) is 0.365. The maximum absolute atomic E-state index is 13.1. The van der Waals surface area contributed by atoms with Crippen LogP contribution in [0, 0.1) is 12.7 Å². The van der Waals surface area contributed by atoms with Crippen LogP contribution in [0.25, 0.3) is 0 Å². The number of halogens is 3. The zero-order valence-corrected chi connectivity index (χ0v) is 10.8. The number of aryl methyl sites for hydroxylation is 1. The Hall–Kier alpha value is -0.410. The van der Waals surface area contributed by atoms with E-state index in [1.54, 1.807) is 13.0 Å². The van der Waals surface area contributed by atoms with Gasteiger partial charge in [0.1, 0.15) is 11.6 Å². The fourth-order valence-electron chi connectivity index (χ4n) is 1.21. The molecule has 1 nitrogen and oxygen atoms in total. The minimum Gasteiger partial charge on any atom is -0.299 e. The van der Waals surface area contributed by atoms with Crippen molar-refractivity contribution in [3.8, 4) is 0 Å². The fourth-order valence-corrected chi connectivity index (χ4v) is 1.79. The van der Waals surface area contributed by atoms with Gasteiger partial charge >= 0.3 is 0 Å². The Morgan fingerprint density at radius 2 is 2.20 bits per heavy atom. The van der Waals surface area contributed by atoms with E-state index < -0.39 is 0 Å². The van der Waals surface area contributed by atoms with E-state index in [9.17, 15) is 9.18 Å². The largest absolute Gasteiger partial charge is 0.299 e. The molecule has 0 radical (unpaired) electrons. The van der Waals surface area contributed by atoms with Crippen molar-refractivity contribution in [2.45, 2.75) is 25.1 Å². The topological polar surface area (TPSA) is 17.1 Å². The number of rotatable bonds is 3. The van der Waals surface area contributed by atoms with Gasteiger partial charge in [-0.2, -0.15) is 0 Å². The minimum atomic E-state index is -0.322. The van der Waals surface area contributed by atoms with Crippen LogP contribution in [0.4, 0.5) is 4.39 Å². The molecule has 0 saturated carbocycles. The first-order valence-electron chi connectivity index (χ1n) is 4.51. The zero-order chi connectivity index (χ0) is 11.6. The molecule has 0 saturated heterocycles. The second-order valence-corrected chi connectivity index (χ2v) is 4.99. The average molecular weight is 294 g/mol. The summed E-state index contributed by atoms with van der Waals surface area (Å²) >= 11 is 9.13. The molecule has 0 N–H and O–H groups in total. The molecule has 0 bridgehead atoms. The van der Waals surface area contributed by atoms with Gasteiger partial charge in [-0.3, -0.25) is 4.79 Å². The van der Waals surface area contributed by atoms with Crippen LogP contribution in [0.3, 0.4) is 0 Å². The van der Waals surface area contributed by atoms with Crippen LogP contribution in [0.1, 0.15) is 18.1 Å². The highest BCUT2D eigenvalue weighted by Crippen LogP contribution is 2.23. The van der Waals surface area contributed by atoms with Gasteiger partial charge in [0.2, 0.25) is 0 Å². The van der Waals surface area contributed by atoms with Crippen molar-refractivity contribution in [1.29, 1.82) is 0 Å². The zero-order valence-electron chi connectivity index (χ0n) is 8.48. The first-order chi connectivity index (χ1) is 6.91. The second kappa shape index (κ2) is 5.08. The average Bonchev–Trinajstić information content (AvgIpc) is 2.13. The standard InChI is InChI=1S/C11H11BrClFO/c1-6-3-8(4-9(12)7(2)15)10(13)5-11(6)14/h3,5,9H,4H2,1-2H3. The number of ketones is 1. The summed E-state index contributed by atoms with van der Waals surface area (Å²) in [7, 11) is 0. The molecule has 1 aromatic rings. The molecule has 0 aliphatic heterocycles. The molecule has 82 valence electrons. The third-order valence-electron chi connectivity index (χ3n) is 2.17. The summed E-state index contributed by atoms with van der Waals surface area (Å²) in [4.78, 5) is 10.8. The van der Waals surface area contributed by atoms with Crippen LogP contribution in [-0.4, -0.2) is 10.6 Å². The summed E-state index contributed by atoms with van der Waals surface area (Å²) in [5.74, 6) is -0.286. The number of alkyl halides is 1. The Bertz CT molecular complexity index is 392. The molecule has 1 atom stereocenters. The molecule has 0 amide bonds. The number of benzene rings is 1.